The number of aliphatic hydroxyl groups is 1. The van der Waals surface area contributed by atoms with Crippen LogP contribution in [0.2, 0.25) is 0 Å². The Balaban J connectivity index is 1.68. The van der Waals surface area contributed by atoms with Crippen LogP contribution in [-0.2, 0) is 4.74 Å². The van der Waals surface area contributed by atoms with E-state index in [1.165, 1.54) is 0 Å². The van der Waals surface area contributed by atoms with E-state index < -0.39 is 5.60 Å². The van der Waals surface area contributed by atoms with Gasteiger partial charge >= 0.3 is 6.09 Å². The van der Waals surface area contributed by atoms with Crippen molar-refractivity contribution in [1.29, 1.82) is 0 Å². The molecule has 5 nitrogen and oxygen atoms in total. The second kappa shape index (κ2) is 5.90. The van der Waals surface area contributed by atoms with E-state index >= 15 is 0 Å². The maximum atomic E-state index is 11.9. The molecule has 0 radical (unpaired) electrons. The lowest BCUT2D eigenvalue weighted by Crippen LogP contribution is -2.45. The van der Waals surface area contributed by atoms with Crippen LogP contribution in [0.3, 0.4) is 0 Å². The van der Waals surface area contributed by atoms with Crippen molar-refractivity contribution in [3.05, 3.63) is 0 Å². The number of nitrogens with zero attached hydrogens (tertiary/aromatic N) is 1. The average molecular weight is 284 g/mol. The van der Waals surface area contributed by atoms with E-state index in [0.717, 1.165) is 45.3 Å². The van der Waals surface area contributed by atoms with Crippen LogP contribution in [0, 0.1) is 5.92 Å². The Morgan fingerprint density at radius 1 is 1.35 bits per heavy atom. The van der Waals surface area contributed by atoms with E-state index in [0.29, 0.717) is 5.92 Å². The minimum atomic E-state index is -0.422. The summed E-state index contributed by atoms with van der Waals surface area (Å²) in [6.45, 7) is 8.41. The van der Waals surface area contributed by atoms with E-state index in [9.17, 15) is 9.90 Å². The zero-order valence-corrected chi connectivity index (χ0v) is 12.9. The molecule has 0 atom stereocenters. The van der Waals surface area contributed by atoms with Crippen LogP contribution in [-0.4, -0.2) is 53.5 Å². The molecule has 1 saturated heterocycles. The number of likely N-dealkylation sites (tertiary alicyclic amines) is 1. The fourth-order valence-electron chi connectivity index (χ4n) is 2.55. The second-order valence-corrected chi connectivity index (χ2v) is 7.23. The number of ether oxygens (including phenoxy) is 1. The summed E-state index contributed by atoms with van der Waals surface area (Å²) in [7, 11) is 0. The summed E-state index contributed by atoms with van der Waals surface area (Å²) in [5.41, 5.74) is -0.405. The number of nitrogens with one attached hydrogen (secondary N) is 1. The number of carbonyl (C=O) groups excluding carboxylic acids is 1. The molecular formula is C15H28N2O3. The zero-order chi connectivity index (χ0) is 14.8. The molecule has 0 bridgehead atoms. The van der Waals surface area contributed by atoms with Crippen molar-refractivity contribution in [2.75, 3.05) is 26.2 Å². The van der Waals surface area contributed by atoms with Crippen molar-refractivity contribution < 1.29 is 14.6 Å². The van der Waals surface area contributed by atoms with Gasteiger partial charge in [-0.3, -0.25) is 0 Å². The van der Waals surface area contributed by atoms with Crippen molar-refractivity contribution in [1.82, 2.24) is 10.2 Å². The molecule has 0 aromatic carbocycles. The normalized spacial score (nSPS) is 22.7. The number of hydrogen-bond acceptors (Lipinski definition) is 4. The minimum Gasteiger partial charge on any atom is -0.444 e. The average Bonchev–Trinajstić information content (AvgIpc) is 3.16. The molecule has 116 valence electrons. The number of aliphatic hydroxyl groups excluding tert-OH is 1. The summed E-state index contributed by atoms with van der Waals surface area (Å²) in [5, 5.41) is 12.8. The van der Waals surface area contributed by atoms with Gasteiger partial charge in [-0.05, 0) is 58.9 Å². The maximum Gasteiger partial charge on any atom is 0.410 e. The summed E-state index contributed by atoms with van der Waals surface area (Å²) in [6, 6.07) is 0. The fraction of sp³-hybridized carbons (Fsp3) is 0.933. The van der Waals surface area contributed by atoms with Gasteiger partial charge in [0.25, 0.3) is 0 Å². The third-order valence-corrected chi connectivity index (χ3v) is 4.19. The van der Waals surface area contributed by atoms with Crippen LogP contribution < -0.4 is 5.32 Å². The second-order valence-electron chi connectivity index (χ2n) is 7.23. The maximum absolute atomic E-state index is 11.9. The highest BCUT2D eigenvalue weighted by molar-refractivity contribution is 5.68. The molecular weight excluding hydrogens is 256 g/mol. The zero-order valence-electron chi connectivity index (χ0n) is 12.9. The lowest BCUT2D eigenvalue weighted by Gasteiger charge is -2.34. The molecule has 2 fully saturated rings. The molecule has 1 saturated carbocycles. The monoisotopic (exact) mass is 284 g/mol. The Morgan fingerprint density at radius 2 is 1.95 bits per heavy atom. The number of rotatable bonds is 4. The van der Waals surface area contributed by atoms with Gasteiger partial charge in [0.15, 0.2) is 0 Å². The van der Waals surface area contributed by atoms with Gasteiger partial charge in [0, 0.05) is 18.6 Å². The number of hydrogen-bond donors (Lipinski definition) is 2. The topological polar surface area (TPSA) is 61.8 Å². The Hall–Kier alpha value is -0.810. The highest BCUT2D eigenvalue weighted by Crippen LogP contribution is 2.35. The van der Waals surface area contributed by atoms with Gasteiger partial charge in [-0.15, -0.1) is 0 Å². The van der Waals surface area contributed by atoms with Gasteiger partial charge in [-0.25, -0.2) is 4.79 Å². The van der Waals surface area contributed by atoms with Crippen LogP contribution in [0.25, 0.3) is 0 Å². The predicted octanol–water partition coefficient (Wildman–Crippen LogP) is 1.75. The highest BCUT2D eigenvalue weighted by atomic mass is 16.6. The largest absolute Gasteiger partial charge is 0.444 e. The minimum absolute atomic E-state index is 0.0162. The highest BCUT2D eigenvalue weighted by Gasteiger charge is 2.41. The molecule has 0 unspecified atom stereocenters. The summed E-state index contributed by atoms with van der Waals surface area (Å²) >= 11 is 0. The molecule has 1 heterocycles. The first-order valence-corrected chi connectivity index (χ1v) is 7.67. The van der Waals surface area contributed by atoms with Crippen molar-refractivity contribution in [3.8, 4) is 0 Å². The SMILES string of the molecule is CC(C)(C)OC(=O)N1CCC(CNC2(CO)CC2)CC1. The molecule has 1 amide bonds. The summed E-state index contributed by atoms with van der Waals surface area (Å²) < 4.78 is 5.39. The Kier molecular flexibility index (Phi) is 4.59. The molecule has 20 heavy (non-hydrogen) atoms. The molecule has 2 aliphatic rings. The van der Waals surface area contributed by atoms with Crippen molar-refractivity contribution >= 4 is 6.09 Å². The van der Waals surface area contributed by atoms with E-state index in [1.54, 1.807) is 4.90 Å². The van der Waals surface area contributed by atoms with Crippen LogP contribution in [0.4, 0.5) is 4.79 Å². The number of amides is 1. The van der Waals surface area contributed by atoms with Crippen LogP contribution in [0.15, 0.2) is 0 Å². The summed E-state index contributed by atoms with van der Waals surface area (Å²) in [6.07, 6.45) is 3.99. The van der Waals surface area contributed by atoms with Gasteiger partial charge in [0.05, 0.1) is 6.61 Å². The third kappa shape index (κ3) is 4.35. The first kappa shape index (κ1) is 15.6. The van der Waals surface area contributed by atoms with E-state index in [1.807, 2.05) is 20.8 Å². The Bertz CT molecular complexity index is 340. The Morgan fingerprint density at radius 3 is 2.40 bits per heavy atom. The Labute approximate surface area is 121 Å². The van der Waals surface area contributed by atoms with E-state index in [-0.39, 0.29) is 18.2 Å². The molecule has 1 aliphatic heterocycles. The van der Waals surface area contributed by atoms with Crippen molar-refractivity contribution in [2.45, 2.75) is 57.6 Å². The predicted molar refractivity (Wildman–Crippen MR) is 77.6 cm³/mol. The lowest BCUT2D eigenvalue weighted by atomic mass is 9.96. The van der Waals surface area contributed by atoms with E-state index in [4.69, 9.17) is 4.74 Å². The van der Waals surface area contributed by atoms with E-state index in [2.05, 4.69) is 5.32 Å². The first-order chi connectivity index (χ1) is 9.34. The van der Waals surface area contributed by atoms with Gasteiger partial charge in [-0.1, -0.05) is 0 Å². The van der Waals surface area contributed by atoms with Crippen LogP contribution in [0.1, 0.15) is 46.5 Å². The number of piperidine rings is 1. The standard InChI is InChI=1S/C15H28N2O3/c1-14(2,3)20-13(19)17-8-4-12(5-9-17)10-16-15(11-18)6-7-15/h12,16,18H,4-11H2,1-3H3. The van der Waals surface area contributed by atoms with Gasteiger partial charge in [0.1, 0.15) is 5.60 Å². The third-order valence-electron chi connectivity index (χ3n) is 4.19. The smallest absolute Gasteiger partial charge is 0.410 e. The summed E-state index contributed by atoms with van der Waals surface area (Å²) in [4.78, 5) is 13.8. The van der Waals surface area contributed by atoms with Gasteiger partial charge in [-0.2, -0.15) is 0 Å². The summed E-state index contributed by atoms with van der Waals surface area (Å²) in [5.74, 6) is 0.595. The first-order valence-electron chi connectivity index (χ1n) is 7.67. The number of carbonyl (C=O) groups is 1. The van der Waals surface area contributed by atoms with Crippen molar-refractivity contribution in [3.63, 3.8) is 0 Å². The molecule has 1 aliphatic carbocycles. The lowest BCUT2D eigenvalue weighted by molar-refractivity contribution is 0.0182. The molecule has 0 aromatic rings. The molecule has 2 N–H and O–H groups in total. The van der Waals surface area contributed by atoms with Gasteiger partial charge < -0.3 is 20.1 Å². The fourth-order valence-corrected chi connectivity index (χ4v) is 2.55. The van der Waals surface area contributed by atoms with Crippen LogP contribution >= 0.6 is 0 Å². The molecule has 2 rings (SSSR count). The van der Waals surface area contributed by atoms with Gasteiger partial charge in [0.2, 0.25) is 0 Å². The molecule has 0 aromatic heterocycles. The van der Waals surface area contributed by atoms with Crippen LogP contribution in [0.5, 0.6) is 0 Å². The van der Waals surface area contributed by atoms with Crippen molar-refractivity contribution in [2.24, 2.45) is 5.92 Å². The quantitative estimate of drug-likeness (QED) is 0.825. The molecule has 0 spiro atoms. The molecule has 5 heteroatoms.